The van der Waals surface area contributed by atoms with Gasteiger partial charge in [0.1, 0.15) is 0 Å². The van der Waals surface area contributed by atoms with Gasteiger partial charge in [-0.1, -0.05) is 18.2 Å². The molecule has 0 unspecified atom stereocenters. The molecule has 0 radical (unpaired) electrons. The van der Waals surface area contributed by atoms with E-state index in [-0.39, 0.29) is 30.4 Å². The van der Waals surface area contributed by atoms with Crippen molar-refractivity contribution in [3.63, 3.8) is 0 Å². The van der Waals surface area contributed by atoms with Crippen LogP contribution in [0.3, 0.4) is 0 Å². The summed E-state index contributed by atoms with van der Waals surface area (Å²) in [4.78, 5) is 15.6. The smallest absolute Gasteiger partial charge is 0.255 e. The third-order valence-electron chi connectivity index (χ3n) is 6.90. The van der Waals surface area contributed by atoms with Crippen LogP contribution >= 0.6 is 24.8 Å². The summed E-state index contributed by atoms with van der Waals surface area (Å²) in [6.07, 6.45) is 6.38. The van der Waals surface area contributed by atoms with Crippen LogP contribution < -0.4 is 5.56 Å². The Morgan fingerprint density at radius 3 is 2.43 bits per heavy atom. The Morgan fingerprint density at radius 2 is 1.66 bits per heavy atom. The molecule has 4 heterocycles. The number of likely N-dealkylation sites (tertiary alicyclic amines) is 1. The zero-order chi connectivity index (χ0) is 22.4. The van der Waals surface area contributed by atoms with Gasteiger partial charge >= 0.3 is 0 Å². The quantitative estimate of drug-likeness (QED) is 0.323. The predicted octanol–water partition coefficient (Wildman–Crippen LogP) is 5.29. The molecule has 0 atom stereocenters. The molecule has 0 bridgehead atoms. The Kier molecular flexibility index (Phi) is 7.36. The van der Waals surface area contributed by atoms with E-state index >= 15 is 0 Å². The van der Waals surface area contributed by atoms with Crippen molar-refractivity contribution in [2.24, 2.45) is 7.05 Å². The van der Waals surface area contributed by atoms with Gasteiger partial charge in [0.05, 0.1) is 18.3 Å². The molecule has 1 fully saturated rings. The average Bonchev–Trinajstić information content (AvgIpc) is 3.57. The second-order valence-corrected chi connectivity index (χ2v) is 8.93. The summed E-state index contributed by atoms with van der Waals surface area (Å²) in [5, 5.41) is 6.82. The molecule has 1 aliphatic rings. The van der Waals surface area contributed by atoms with E-state index in [1.165, 1.54) is 31.3 Å². The van der Waals surface area contributed by atoms with Gasteiger partial charge in [-0.2, -0.15) is 5.10 Å². The molecule has 0 saturated carbocycles. The Labute approximate surface area is 216 Å². The van der Waals surface area contributed by atoms with Crippen LogP contribution in [0.1, 0.15) is 12.8 Å². The maximum absolute atomic E-state index is 13.1. The minimum Gasteiger partial charge on any atom is -0.344 e. The van der Waals surface area contributed by atoms with Crippen LogP contribution in [0.4, 0.5) is 0 Å². The third kappa shape index (κ3) is 4.61. The number of rotatable bonds is 5. The molecule has 2 aromatic carbocycles. The van der Waals surface area contributed by atoms with E-state index in [0.717, 1.165) is 46.5 Å². The molecule has 5 aromatic rings. The van der Waals surface area contributed by atoms with Crippen LogP contribution in [-0.4, -0.2) is 43.4 Å². The van der Waals surface area contributed by atoms with E-state index in [2.05, 4.69) is 43.5 Å². The summed E-state index contributed by atoms with van der Waals surface area (Å²) in [6, 6.07) is 20.3. The first-order valence-corrected chi connectivity index (χ1v) is 11.6. The highest BCUT2D eigenvalue weighted by Gasteiger charge is 2.13. The highest BCUT2D eigenvalue weighted by atomic mass is 35.5. The average molecular weight is 510 g/mol. The molecular weight excluding hydrogens is 481 g/mol. The zero-order valence-corrected chi connectivity index (χ0v) is 21.3. The number of hydrogen-bond donors (Lipinski definition) is 0. The van der Waals surface area contributed by atoms with Crippen molar-refractivity contribution in [3.05, 3.63) is 83.4 Å². The predicted molar refractivity (Wildman–Crippen MR) is 147 cm³/mol. The number of para-hydroxylation sites is 1. The second-order valence-electron chi connectivity index (χ2n) is 8.93. The van der Waals surface area contributed by atoms with E-state index in [9.17, 15) is 4.79 Å². The first-order valence-electron chi connectivity index (χ1n) is 11.6. The van der Waals surface area contributed by atoms with Gasteiger partial charge < -0.3 is 9.47 Å². The monoisotopic (exact) mass is 509 g/mol. The van der Waals surface area contributed by atoms with Crippen molar-refractivity contribution in [2.45, 2.75) is 19.4 Å². The van der Waals surface area contributed by atoms with Gasteiger partial charge in [0, 0.05) is 59.1 Å². The van der Waals surface area contributed by atoms with Gasteiger partial charge in [-0.3, -0.25) is 14.0 Å². The molecular formula is C27H29Cl2N5O. The molecule has 1 saturated heterocycles. The van der Waals surface area contributed by atoms with E-state index in [0.29, 0.717) is 0 Å². The van der Waals surface area contributed by atoms with E-state index in [1.807, 2.05) is 49.8 Å². The van der Waals surface area contributed by atoms with Gasteiger partial charge in [0.2, 0.25) is 0 Å². The number of hydrogen-bond acceptors (Lipinski definition) is 3. The van der Waals surface area contributed by atoms with Crippen LogP contribution in [0, 0.1) is 0 Å². The summed E-state index contributed by atoms with van der Waals surface area (Å²) < 4.78 is 5.91. The summed E-state index contributed by atoms with van der Waals surface area (Å²) in [5.41, 5.74) is 5.04. The molecule has 0 amide bonds. The fourth-order valence-electron chi connectivity index (χ4n) is 5.06. The highest BCUT2D eigenvalue weighted by Crippen LogP contribution is 2.26. The molecule has 6 rings (SSSR count). The van der Waals surface area contributed by atoms with Crippen LogP contribution in [-0.2, 0) is 13.6 Å². The number of aryl methyl sites for hydroxylation is 1. The minimum atomic E-state index is -0.0430. The summed E-state index contributed by atoms with van der Waals surface area (Å²) in [6.45, 7) is 4.32. The van der Waals surface area contributed by atoms with Crippen LogP contribution in [0.5, 0.6) is 0 Å². The number of pyridine rings is 1. The molecule has 3 aromatic heterocycles. The van der Waals surface area contributed by atoms with Crippen molar-refractivity contribution < 1.29 is 0 Å². The number of nitrogens with zero attached hydrogens (tertiary/aromatic N) is 5. The van der Waals surface area contributed by atoms with Gasteiger partial charge in [0.15, 0.2) is 0 Å². The van der Waals surface area contributed by atoms with Gasteiger partial charge in [-0.25, -0.2) is 0 Å². The zero-order valence-electron chi connectivity index (χ0n) is 19.6. The largest absolute Gasteiger partial charge is 0.344 e. The van der Waals surface area contributed by atoms with E-state index in [1.54, 1.807) is 10.6 Å². The number of benzene rings is 2. The van der Waals surface area contributed by atoms with Crippen LogP contribution in [0.25, 0.3) is 38.8 Å². The van der Waals surface area contributed by atoms with Crippen molar-refractivity contribution in [3.8, 4) is 16.9 Å². The SMILES string of the molecule is Cl.Cl.Cn1c(-c2ccn(-c3ccc4c(cnn4CCN4CCCC4)c3)c(=O)c2)cc2ccccc21. The maximum Gasteiger partial charge on any atom is 0.255 e. The number of fused-ring (bicyclic) bond motifs is 2. The lowest BCUT2D eigenvalue weighted by molar-refractivity contribution is 0.318. The Morgan fingerprint density at radius 1 is 0.857 bits per heavy atom. The lowest BCUT2D eigenvalue weighted by Crippen LogP contribution is -2.24. The Bertz CT molecular complexity index is 1530. The molecule has 1 aliphatic heterocycles. The highest BCUT2D eigenvalue weighted by molar-refractivity contribution is 5.87. The molecule has 35 heavy (non-hydrogen) atoms. The summed E-state index contributed by atoms with van der Waals surface area (Å²) >= 11 is 0. The molecule has 0 aliphatic carbocycles. The maximum atomic E-state index is 13.1. The Balaban J connectivity index is 0.00000144. The van der Waals surface area contributed by atoms with Gasteiger partial charge in [0.25, 0.3) is 5.56 Å². The van der Waals surface area contributed by atoms with Crippen molar-refractivity contribution in [1.29, 1.82) is 0 Å². The first-order chi connectivity index (χ1) is 16.2. The summed E-state index contributed by atoms with van der Waals surface area (Å²) in [7, 11) is 2.04. The van der Waals surface area contributed by atoms with E-state index < -0.39 is 0 Å². The third-order valence-corrected chi connectivity index (χ3v) is 6.90. The number of aromatic nitrogens is 4. The summed E-state index contributed by atoms with van der Waals surface area (Å²) in [5.74, 6) is 0. The fraction of sp³-hybridized carbons (Fsp3) is 0.259. The minimum absolute atomic E-state index is 0. The standard InChI is InChI=1S/C27H27N5O.2ClH/c1-29-24-7-3-2-6-20(24)17-26(29)21-10-13-31(27(33)18-21)23-8-9-25-22(16-23)19-28-32(25)15-14-30-11-4-5-12-30;;/h2-3,6-10,13,16-19H,4-5,11-12,14-15H2,1H3;2*1H. The normalized spacial score (nSPS) is 13.7. The van der Waals surface area contributed by atoms with Crippen LogP contribution in [0.2, 0.25) is 0 Å². The van der Waals surface area contributed by atoms with E-state index in [4.69, 9.17) is 0 Å². The van der Waals surface area contributed by atoms with Crippen molar-refractivity contribution in [1.82, 2.24) is 23.8 Å². The fourth-order valence-corrected chi connectivity index (χ4v) is 5.06. The van der Waals surface area contributed by atoms with Crippen molar-refractivity contribution in [2.75, 3.05) is 19.6 Å². The first kappa shape index (κ1) is 25.0. The Hall–Kier alpha value is -3.06. The molecule has 0 spiro atoms. The van der Waals surface area contributed by atoms with Crippen molar-refractivity contribution >= 4 is 46.6 Å². The lowest BCUT2D eigenvalue weighted by Gasteiger charge is -2.14. The number of halogens is 2. The van der Waals surface area contributed by atoms with Gasteiger partial charge in [-0.15, -0.1) is 24.8 Å². The molecule has 0 N–H and O–H groups in total. The van der Waals surface area contributed by atoms with Crippen LogP contribution in [0.15, 0.2) is 77.9 Å². The second kappa shape index (κ2) is 10.3. The molecule has 182 valence electrons. The lowest BCUT2D eigenvalue weighted by atomic mass is 10.1. The molecule has 8 heteroatoms. The molecule has 6 nitrogen and oxygen atoms in total. The van der Waals surface area contributed by atoms with Gasteiger partial charge in [-0.05, 0) is 62.3 Å². The topological polar surface area (TPSA) is 48.0 Å².